The van der Waals surface area contributed by atoms with Crippen LogP contribution in [0.1, 0.15) is 39.9 Å². The Bertz CT molecular complexity index is 382. The first-order chi connectivity index (χ1) is 8.46. The molecule has 0 unspecified atom stereocenters. The van der Waals surface area contributed by atoms with Gasteiger partial charge >= 0.3 is 0 Å². The van der Waals surface area contributed by atoms with E-state index in [-0.39, 0.29) is 5.41 Å². The molecule has 0 bridgehead atoms. The third-order valence-electron chi connectivity index (χ3n) is 2.88. The minimum Gasteiger partial charge on any atom is -0.374 e. The number of rotatable bonds is 7. The van der Waals surface area contributed by atoms with Crippen molar-refractivity contribution in [1.29, 1.82) is 0 Å². The number of nitrogens with one attached hydrogen (secondary N) is 1. The van der Waals surface area contributed by atoms with Gasteiger partial charge in [-0.15, -0.1) is 0 Å². The number of ether oxygens (including phenoxy) is 1. The first-order valence-electron chi connectivity index (χ1n) is 6.32. The lowest BCUT2D eigenvalue weighted by Gasteiger charge is -2.23. The molecule has 102 valence electrons. The van der Waals surface area contributed by atoms with Crippen LogP contribution >= 0.6 is 11.6 Å². The van der Waals surface area contributed by atoms with Gasteiger partial charge in [0.2, 0.25) is 0 Å². The molecule has 1 N–H and O–H groups in total. The van der Waals surface area contributed by atoms with E-state index in [1.165, 1.54) is 0 Å². The van der Waals surface area contributed by atoms with Crippen LogP contribution in [0.25, 0.3) is 0 Å². The zero-order valence-electron chi connectivity index (χ0n) is 11.6. The van der Waals surface area contributed by atoms with Crippen molar-refractivity contribution < 1.29 is 4.74 Å². The maximum Gasteiger partial charge on any atom is 0.158 e. The standard InChI is InChI=1S/C13H22ClN3O/c1-5-13(3,4)9-15-11-7-10(14)16-12(17-11)8-18-6-2/h7H,5-6,8-9H2,1-4H3,(H,15,16,17). The van der Waals surface area contributed by atoms with Crippen LogP contribution in [-0.4, -0.2) is 23.1 Å². The molecule has 0 amide bonds. The molecule has 0 saturated carbocycles. The summed E-state index contributed by atoms with van der Waals surface area (Å²) in [4.78, 5) is 8.50. The largest absolute Gasteiger partial charge is 0.374 e. The number of hydrogen-bond donors (Lipinski definition) is 1. The Hall–Kier alpha value is -0.870. The lowest BCUT2D eigenvalue weighted by atomic mass is 9.90. The van der Waals surface area contributed by atoms with E-state index in [4.69, 9.17) is 16.3 Å². The molecule has 0 spiro atoms. The van der Waals surface area contributed by atoms with E-state index < -0.39 is 0 Å². The van der Waals surface area contributed by atoms with Crippen LogP contribution in [0.4, 0.5) is 5.82 Å². The zero-order chi connectivity index (χ0) is 13.6. The van der Waals surface area contributed by atoms with Gasteiger partial charge in [-0.25, -0.2) is 9.97 Å². The van der Waals surface area contributed by atoms with Crippen LogP contribution in [0.5, 0.6) is 0 Å². The highest BCUT2D eigenvalue weighted by Gasteiger charge is 2.15. The van der Waals surface area contributed by atoms with E-state index in [9.17, 15) is 0 Å². The smallest absolute Gasteiger partial charge is 0.158 e. The van der Waals surface area contributed by atoms with E-state index in [0.717, 1.165) is 18.8 Å². The highest BCUT2D eigenvalue weighted by atomic mass is 35.5. The molecule has 0 aliphatic carbocycles. The van der Waals surface area contributed by atoms with Crippen molar-refractivity contribution in [3.8, 4) is 0 Å². The Balaban J connectivity index is 2.68. The van der Waals surface area contributed by atoms with Crippen molar-refractivity contribution in [2.24, 2.45) is 5.41 Å². The summed E-state index contributed by atoms with van der Waals surface area (Å²) in [5, 5.41) is 3.74. The lowest BCUT2D eigenvalue weighted by Crippen LogP contribution is -2.22. The minimum atomic E-state index is 0.234. The van der Waals surface area contributed by atoms with Gasteiger partial charge in [0.1, 0.15) is 17.6 Å². The van der Waals surface area contributed by atoms with E-state index in [1.54, 1.807) is 6.07 Å². The molecule has 18 heavy (non-hydrogen) atoms. The minimum absolute atomic E-state index is 0.234. The summed E-state index contributed by atoms with van der Waals surface area (Å²) < 4.78 is 5.28. The first kappa shape index (κ1) is 15.2. The van der Waals surface area contributed by atoms with Crippen LogP contribution < -0.4 is 5.32 Å². The number of aromatic nitrogens is 2. The zero-order valence-corrected chi connectivity index (χ0v) is 12.3. The van der Waals surface area contributed by atoms with Crippen molar-refractivity contribution in [2.45, 2.75) is 40.7 Å². The molecule has 1 aromatic rings. The SMILES string of the molecule is CCOCc1nc(Cl)cc(NCC(C)(C)CC)n1. The highest BCUT2D eigenvalue weighted by molar-refractivity contribution is 6.29. The first-order valence-corrected chi connectivity index (χ1v) is 6.69. The third-order valence-corrected chi connectivity index (χ3v) is 3.08. The number of hydrogen-bond acceptors (Lipinski definition) is 4. The molecule has 1 aromatic heterocycles. The summed E-state index contributed by atoms with van der Waals surface area (Å²) in [5.41, 5.74) is 0.234. The Morgan fingerprint density at radius 2 is 2.06 bits per heavy atom. The molecular weight excluding hydrogens is 250 g/mol. The molecule has 1 heterocycles. The van der Waals surface area contributed by atoms with Gasteiger partial charge in [0, 0.05) is 19.2 Å². The van der Waals surface area contributed by atoms with Crippen molar-refractivity contribution in [3.05, 3.63) is 17.0 Å². The summed E-state index contributed by atoms with van der Waals surface area (Å²) in [6.07, 6.45) is 1.10. The summed E-state index contributed by atoms with van der Waals surface area (Å²) in [6, 6.07) is 1.74. The Morgan fingerprint density at radius 1 is 1.33 bits per heavy atom. The maximum atomic E-state index is 5.97. The van der Waals surface area contributed by atoms with E-state index >= 15 is 0 Å². The molecule has 0 aliphatic heterocycles. The van der Waals surface area contributed by atoms with Gasteiger partial charge in [-0.1, -0.05) is 32.4 Å². The van der Waals surface area contributed by atoms with Crippen molar-refractivity contribution in [3.63, 3.8) is 0 Å². The molecule has 0 radical (unpaired) electrons. The summed E-state index contributed by atoms with van der Waals surface area (Å²) in [5.74, 6) is 1.37. The summed E-state index contributed by atoms with van der Waals surface area (Å²) in [7, 11) is 0. The van der Waals surface area contributed by atoms with Gasteiger partial charge in [-0.3, -0.25) is 0 Å². The quantitative estimate of drug-likeness (QED) is 0.771. The van der Waals surface area contributed by atoms with Crippen LogP contribution in [-0.2, 0) is 11.3 Å². The van der Waals surface area contributed by atoms with Gasteiger partial charge in [0.05, 0.1) is 0 Å². The molecule has 0 saturated heterocycles. The number of anilines is 1. The van der Waals surface area contributed by atoms with Gasteiger partial charge < -0.3 is 10.1 Å². The summed E-state index contributed by atoms with van der Waals surface area (Å²) in [6.45, 7) is 10.4. The van der Waals surface area contributed by atoms with Gasteiger partial charge in [-0.2, -0.15) is 0 Å². The second-order valence-electron chi connectivity index (χ2n) is 5.00. The maximum absolute atomic E-state index is 5.97. The van der Waals surface area contributed by atoms with Crippen LogP contribution in [0, 0.1) is 5.41 Å². The molecule has 0 fully saturated rings. The summed E-state index contributed by atoms with van der Waals surface area (Å²) >= 11 is 5.97. The average molecular weight is 272 g/mol. The molecule has 5 heteroatoms. The fourth-order valence-corrected chi connectivity index (χ4v) is 1.47. The molecule has 0 aromatic carbocycles. The molecule has 0 aliphatic rings. The van der Waals surface area contributed by atoms with Gasteiger partial charge in [0.25, 0.3) is 0 Å². The third kappa shape index (κ3) is 5.19. The Labute approximate surface area is 114 Å². The molecule has 1 rings (SSSR count). The van der Waals surface area contributed by atoms with Crippen molar-refractivity contribution in [2.75, 3.05) is 18.5 Å². The fourth-order valence-electron chi connectivity index (χ4n) is 1.27. The average Bonchev–Trinajstić information content (AvgIpc) is 2.33. The van der Waals surface area contributed by atoms with Crippen LogP contribution in [0.2, 0.25) is 5.15 Å². The van der Waals surface area contributed by atoms with Crippen molar-refractivity contribution in [1.82, 2.24) is 9.97 Å². The second kappa shape index (κ2) is 6.90. The molecule has 4 nitrogen and oxygen atoms in total. The van der Waals surface area contributed by atoms with Crippen molar-refractivity contribution >= 4 is 17.4 Å². The van der Waals surface area contributed by atoms with E-state index in [1.807, 2.05) is 6.92 Å². The number of halogens is 1. The topological polar surface area (TPSA) is 47.0 Å². The normalized spacial score (nSPS) is 11.6. The van der Waals surface area contributed by atoms with Gasteiger partial charge in [0.15, 0.2) is 5.82 Å². The predicted molar refractivity (Wildman–Crippen MR) is 74.9 cm³/mol. The van der Waals surface area contributed by atoms with Crippen LogP contribution in [0.15, 0.2) is 6.07 Å². The second-order valence-corrected chi connectivity index (χ2v) is 5.39. The number of nitrogens with zero attached hydrogens (tertiary/aromatic N) is 2. The molecular formula is C13H22ClN3O. The highest BCUT2D eigenvalue weighted by Crippen LogP contribution is 2.20. The lowest BCUT2D eigenvalue weighted by molar-refractivity contribution is 0.128. The Morgan fingerprint density at radius 3 is 2.67 bits per heavy atom. The molecule has 0 atom stereocenters. The Kier molecular flexibility index (Phi) is 5.82. The fraction of sp³-hybridized carbons (Fsp3) is 0.692. The van der Waals surface area contributed by atoms with E-state index in [0.29, 0.717) is 24.2 Å². The predicted octanol–water partition coefficient (Wildman–Crippen LogP) is 3.51. The van der Waals surface area contributed by atoms with E-state index in [2.05, 4.69) is 36.1 Å². The monoisotopic (exact) mass is 271 g/mol. The van der Waals surface area contributed by atoms with Gasteiger partial charge in [-0.05, 0) is 18.8 Å². The van der Waals surface area contributed by atoms with Crippen LogP contribution in [0.3, 0.4) is 0 Å².